The van der Waals surface area contributed by atoms with Crippen LogP contribution in [0, 0.1) is 0 Å². The SMILES string of the molecule is COc1ccc(C(=O)Nc2ccc3c(c2)CN(C2CC2)C(=O)C(C)O3)cc1OC. The maximum atomic E-state index is 12.7. The van der Waals surface area contributed by atoms with Crippen LogP contribution in [-0.2, 0) is 11.3 Å². The molecule has 1 N–H and O–H groups in total. The fourth-order valence-electron chi connectivity index (χ4n) is 3.51. The molecule has 1 atom stereocenters. The Morgan fingerprint density at radius 3 is 2.55 bits per heavy atom. The molecule has 2 aliphatic rings. The second kappa shape index (κ2) is 7.66. The minimum Gasteiger partial charge on any atom is -0.493 e. The van der Waals surface area contributed by atoms with Crippen LogP contribution in [0.3, 0.4) is 0 Å². The number of hydrogen-bond donors (Lipinski definition) is 1. The lowest BCUT2D eigenvalue weighted by atomic mass is 10.1. The summed E-state index contributed by atoms with van der Waals surface area (Å²) in [7, 11) is 3.08. The zero-order valence-corrected chi connectivity index (χ0v) is 16.7. The number of rotatable bonds is 5. The molecule has 0 saturated heterocycles. The predicted molar refractivity (Wildman–Crippen MR) is 108 cm³/mol. The molecule has 7 nitrogen and oxygen atoms in total. The number of fused-ring (bicyclic) bond motifs is 1. The zero-order chi connectivity index (χ0) is 20.5. The summed E-state index contributed by atoms with van der Waals surface area (Å²) in [5.41, 5.74) is 1.99. The molecule has 2 aromatic rings. The van der Waals surface area contributed by atoms with E-state index >= 15 is 0 Å². The molecular weight excluding hydrogens is 372 g/mol. The first-order chi connectivity index (χ1) is 14.0. The van der Waals surface area contributed by atoms with Gasteiger partial charge in [-0.05, 0) is 56.2 Å². The van der Waals surface area contributed by atoms with E-state index in [4.69, 9.17) is 14.2 Å². The van der Waals surface area contributed by atoms with Crippen molar-refractivity contribution in [3.63, 3.8) is 0 Å². The van der Waals surface area contributed by atoms with Gasteiger partial charge < -0.3 is 24.4 Å². The van der Waals surface area contributed by atoms with Crippen molar-refractivity contribution >= 4 is 17.5 Å². The third kappa shape index (κ3) is 3.85. The molecule has 0 bridgehead atoms. The lowest BCUT2D eigenvalue weighted by molar-refractivity contribution is -0.138. The average Bonchev–Trinajstić information content (AvgIpc) is 3.57. The van der Waals surface area contributed by atoms with Crippen LogP contribution in [0.5, 0.6) is 17.2 Å². The first-order valence-electron chi connectivity index (χ1n) is 9.63. The first-order valence-corrected chi connectivity index (χ1v) is 9.63. The van der Waals surface area contributed by atoms with E-state index in [1.807, 2.05) is 11.0 Å². The summed E-state index contributed by atoms with van der Waals surface area (Å²) >= 11 is 0. The van der Waals surface area contributed by atoms with Gasteiger partial charge in [0.15, 0.2) is 17.6 Å². The Morgan fingerprint density at radius 2 is 1.86 bits per heavy atom. The summed E-state index contributed by atoms with van der Waals surface area (Å²) in [6, 6.07) is 10.8. The number of hydrogen-bond acceptors (Lipinski definition) is 5. The van der Waals surface area contributed by atoms with Gasteiger partial charge in [0, 0.05) is 29.4 Å². The largest absolute Gasteiger partial charge is 0.493 e. The van der Waals surface area contributed by atoms with Crippen molar-refractivity contribution < 1.29 is 23.8 Å². The molecule has 29 heavy (non-hydrogen) atoms. The highest BCUT2D eigenvalue weighted by Crippen LogP contribution is 2.35. The van der Waals surface area contributed by atoms with Crippen LogP contribution in [0.4, 0.5) is 5.69 Å². The van der Waals surface area contributed by atoms with Crippen LogP contribution in [-0.4, -0.2) is 43.1 Å². The van der Waals surface area contributed by atoms with Crippen molar-refractivity contribution in [1.29, 1.82) is 0 Å². The molecule has 1 heterocycles. The van der Waals surface area contributed by atoms with Gasteiger partial charge >= 0.3 is 0 Å². The van der Waals surface area contributed by atoms with E-state index in [2.05, 4.69) is 5.32 Å². The molecule has 7 heteroatoms. The number of carbonyl (C=O) groups is 2. The predicted octanol–water partition coefficient (Wildman–Crippen LogP) is 3.23. The van der Waals surface area contributed by atoms with Gasteiger partial charge in [-0.1, -0.05) is 0 Å². The molecule has 4 rings (SSSR count). The topological polar surface area (TPSA) is 77.1 Å². The molecule has 2 amide bonds. The average molecular weight is 396 g/mol. The Bertz CT molecular complexity index is 954. The monoisotopic (exact) mass is 396 g/mol. The highest BCUT2D eigenvalue weighted by atomic mass is 16.5. The van der Waals surface area contributed by atoms with Crippen LogP contribution in [0.25, 0.3) is 0 Å². The van der Waals surface area contributed by atoms with Gasteiger partial charge in [0.1, 0.15) is 5.75 Å². The number of carbonyl (C=O) groups excluding carboxylic acids is 2. The standard InChI is InChI=1S/C22H24N2O5/c1-13-22(26)24(17-6-7-17)12-15-10-16(5-9-18(15)29-13)23-21(25)14-4-8-19(27-2)20(11-14)28-3/h4-5,8-11,13,17H,6-7,12H2,1-3H3,(H,23,25). The molecule has 1 aliphatic heterocycles. The first kappa shape index (κ1) is 19.1. The fraction of sp³-hybridized carbons (Fsp3) is 0.364. The fourth-order valence-corrected chi connectivity index (χ4v) is 3.51. The van der Waals surface area contributed by atoms with Crippen LogP contribution in [0.15, 0.2) is 36.4 Å². The molecular formula is C22H24N2O5. The number of ether oxygens (including phenoxy) is 3. The van der Waals surface area contributed by atoms with Gasteiger partial charge in [0.05, 0.1) is 14.2 Å². The Labute approximate surface area is 169 Å². The van der Waals surface area contributed by atoms with E-state index < -0.39 is 6.10 Å². The number of nitrogens with one attached hydrogen (secondary N) is 1. The summed E-state index contributed by atoms with van der Waals surface area (Å²) in [6.45, 7) is 2.27. The summed E-state index contributed by atoms with van der Waals surface area (Å²) < 4.78 is 16.3. The molecule has 0 radical (unpaired) electrons. The van der Waals surface area contributed by atoms with Gasteiger partial charge in [-0.2, -0.15) is 0 Å². The zero-order valence-electron chi connectivity index (χ0n) is 16.7. The maximum absolute atomic E-state index is 12.7. The number of methoxy groups -OCH3 is 2. The van der Waals surface area contributed by atoms with Gasteiger partial charge in [-0.3, -0.25) is 9.59 Å². The van der Waals surface area contributed by atoms with Crippen molar-refractivity contribution in [2.45, 2.75) is 38.5 Å². The second-order valence-electron chi connectivity index (χ2n) is 7.30. The highest BCUT2D eigenvalue weighted by Gasteiger charge is 2.37. The summed E-state index contributed by atoms with van der Waals surface area (Å²) in [5.74, 6) is 1.48. The lowest BCUT2D eigenvalue weighted by Gasteiger charge is -2.21. The van der Waals surface area contributed by atoms with Gasteiger partial charge in [-0.15, -0.1) is 0 Å². The number of nitrogens with zero attached hydrogens (tertiary/aromatic N) is 1. The summed E-state index contributed by atoms with van der Waals surface area (Å²) in [4.78, 5) is 27.2. The van der Waals surface area contributed by atoms with E-state index in [-0.39, 0.29) is 11.8 Å². The molecule has 1 aliphatic carbocycles. The number of benzene rings is 2. The van der Waals surface area contributed by atoms with Gasteiger partial charge in [0.25, 0.3) is 11.8 Å². The third-order valence-electron chi connectivity index (χ3n) is 5.23. The maximum Gasteiger partial charge on any atom is 0.263 e. The van der Waals surface area contributed by atoms with Crippen molar-refractivity contribution in [2.24, 2.45) is 0 Å². The summed E-state index contributed by atoms with van der Waals surface area (Å²) in [5, 5.41) is 2.91. The van der Waals surface area contributed by atoms with Crippen LogP contribution in [0.1, 0.15) is 35.7 Å². The molecule has 2 aromatic carbocycles. The van der Waals surface area contributed by atoms with E-state index in [0.717, 1.165) is 18.4 Å². The van der Waals surface area contributed by atoms with Gasteiger partial charge in [-0.25, -0.2) is 0 Å². The van der Waals surface area contributed by atoms with Crippen molar-refractivity contribution in [2.75, 3.05) is 19.5 Å². The number of anilines is 1. The van der Waals surface area contributed by atoms with E-state index in [1.54, 1.807) is 44.4 Å². The number of amides is 2. The molecule has 1 unspecified atom stereocenters. The Balaban J connectivity index is 1.55. The molecule has 0 aromatic heterocycles. The molecule has 1 fully saturated rings. The Hall–Kier alpha value is -3.22. The van der Waals surface area contributed by atoms with Crippen LogP contribution < -0.4 is 19.5 Å². The van der Waals surface area contributed by atoms with Crippen molar-refractivity contribution in [3.05, 3.63) is 47.5 Å². The minimum atomic E-state index is -0.510. The third-order valence-corrected chi connectivity index (χ3v) is 5.23. The smallest absolute Gasteiger partial charge is 0.263 e. The van der Waals surface area contributed by atoms with E-state index in [9.17, 15) is 9.59 Å². The lowest BCUT2D eigenvalue weighted by Crippen LogP contribution is -2.39. The van der Waals surface area contributed by atoms with E-state index in [1.165, 1.54) is 7.11 Å². The quantitative estimate of drug-likeness (QED) is 0.840. The Kier molecular flexibility index (Phi) is 5.05. The molecule has 1 saturated carbocycles. The van der Waals surface area contributed by atoms with Crippen molar-refractivity contribution in [3.8, 4) is 17.2 Å². The summed E-state index contributed by atoms with van der Waals surface area (Å²) in [6.07, 6.45) is 1.55. The van der Waals surface area contributed by atoms with Crippen LogP contribution in [0.2, 0.25) is 0 Å². The minimum absolute atomic E-state index is 0.0135. The van der Waals surface area contributed by atoms with Crippen LogP contribution >= 0.6 is 0 Å². The van der Waals surface area contributed by atoms with Gasteiger partial charge in [0.2, 0.25) is 0 Å². The van der Waals surface area contributed by atoms with Crippen molar-refractivity contribution in [1.82, 2.24) is 4.90 Å². The second-order valence-corrected chi connectivity index (χ2v) is 7.30. The Morgan fingerprint density at radius 1 is 1.10 bits per heavy atom. The normalized spacial score (nSPS) is 18.4. The highest BCUT2D eigenvalue weighted by molar-refractivity contribution is 6.04. The molecule has 152 valence electrons. The van der Waals surface area contributed by atoms with E-state index in [0.29, 0.717) is 41.1 Å². The molecule has 0 spiro atoms.